The summed E-state index contributed by atoms with van der Waals surface area (Å²) < 4.78 is 18.9. The van der Waals surface area contributed by atoms with Gasteiger partial charge in [0.25, 0.3) is 5.91 Å². The van der Waals surface area contributed by atoms with Crippen LogP contribution in [0.3, 0.4) is 0 Å². The van der Waals surface area contributed by atoms with E-state index in [0.717, 1.165) is 35.5 Å². The van der Waals surface area contributed by atoms with Crippen LogP contribution in [0.25, 0.3) is 10.6 Å². The summed E-state index contributed by atoms with van der Waals surface area (Å²) in [7, 11) is 0. The highest BCUT2D eigenvalue weighted by Gasteiger charge is 2.26. The monoisotopic (exact) mass is 449 g/mol. The van der Waals surface area contributed by atoms with Gasteiger partial charge in [0.15, 0.2) is 0 Å². The number of hydrogen-bond acceptors (Lipinski definition) is 5. The zero-order valence-electron chi connectivity index (χ0n) is 15.7. The molecule has 1 fully saturated rings. The number of likely N-dealkylation sites (tertiary alicyclic amines) is 1. The van der Waals surface area contributed by atoms with Gasteiger partial charge in [-0.1, -0.05) is 0 Å². The Morgan fingerprint density at radius 1 is 1.29 bits per heavy atom. The second-order valence-electron chi connectivity index (χ2n) is 6.45. The number of thiazole rings is 1. The first kappa shape index (κ1) is 24.8. The quantitative estimate of drug-likeness (QED) is 0.674. The first-order valence-corrected chi connectivity index (χ1v) is 9.74. The minimum Gasteiger partial charge on any atom is -0.378 e. The highest BCUT2D eigenvalue weighted by atomic mass is 35.5. The van der Waals surface area contributed by atoms with E-state index >= 15 is 0 Å². The van der Waals surface area contributed by atoms with Gasteiger partial charge in [-0.2, -0.15) is 0 Å². The Morgan fingerprint density at radius 2 is 1.93 bits per heavy atom. The van der Waals surface area contributed by atoms with Crippen molar-refractivity contribution >= 4 is 42.1 Å². The molecule has 1 saturated heterocycles. The van der Waals surface area contributed by atoms with Gasteiger partial charge in [-0.15, -0.1) is 36.2 Å². The van der Waals surface area contributed by atoms with E-state index in [1.807, 2.05) is 11.8 Å². The molecule has 5 nitrogen and oxygen atoms in total. The fraction of sp³-hybridized carbons (Fsp3) is 0.474. The van der Waals surface area contributed by atoms with E-state index in [9.17, 15) is 9.18 Å². The number of aromatic nitrogens is 1. The summed E-state index contributed by atoms with van der Waals surface area (Å²) in [4.78, 5) is 19.9. The zero-order valence-corrected chi connectivity index (χ0v) is 18.2. The lowest BCUT2D eigenvalue weighted by Gasteiger charge is -2.31. The van der Waals surface area contributed by atoms with Crippen LogP contribution in [0.5, 0.6) is 0 Å². The molecule has 2 heterocycles. The molecule has 0 radical (unpaired) electrons. The van der Waals surface area contributed by atoms with Gasteiger partial charge in [-0.05, 0) is 57.0 Å². The summed E-state index contributed by atoms with van der Waals surface area (Å²) in [6.45, 7) is 4.55. The third kappa shape index (κ3) is 6.12. The number of benzene rings is 1. The summed E-state index contributed by atoms with van der Waals surface area (Å²) in [5.41, 5.74) is 7.03. The highest BCUT2D eigenvalue weighted by molar-refractivity contribution is 7.17. The number of halogens is 3. The number of rotatable bonds is 6. The van der Waals surface area contributed by atoms with Gasteiger partial charge >= 0.3 is 0 Å². The highest BCUT2D eigenvalue weighted by Crippen LogP contribution is 2.29. The molecule has 0 saturated carbocycles. The van der Waals surface area contributed by atoms with Crippen LogP contribution in [0.15, 0.2) is 24.3 Å². The molecule has 2 N–H and O–H groups in total. The predicted molar refractivity (Wildman–Crippen MR) is 115 cm³/mol. The van der Waals surface area contributed by atoms with Crippen LogP contribution >= 0.6 is 36.2 Å². The van der Waals surface area contributed by atoms with E-state index in [1.165, 1.54) is 23.5 Å². The fourth-order valence-corrected chi connectivity index (χ4v) is 4.05. The molecule has 28 heavy (non-hydrogen) atoms. The molecule has 0 bridgehead atoms. The van der Waals surface area contributed by atoms with E-state index in [4.69, 9.17) is 10.5 Å². The van der Waals surface area contributed by atoms with Crippen molar-refractivity contribution in [2.75, 3.05) is 26.2 Å². The third-order valence-corrected chi connectivity index (χ3v) is 5.71. The molecule has 1 aromatic carbocycles. The van der Waals surface area contributed by atoms with E-state index in [0.29, 0.717) is 31.1 Å². The number of ether oxygens (including phenoxy) is 1. The summed E-state index contributed by atoms with van der Waals surface area (Å²) in [5, 5.41) is 0.742. The van der Waals surface area contributed by atoms with E-state index < -0.39 is 0 Å². The minimum atomic E-state index is -0.283. The first-order chi connectivity index (χ1) is 12.6. The molecule has 9 heteroatoms. The van der Waals surface area contributed by atoms with Crippen LogP contribution in [0.4, 0.5) is 4.39 Å². The van der Waals surface area contributed by atoms with Gasteiger partial charge < -0.3 is 15.4 Å². The zero-order chi connectivity index (χ0) is 18.5. The average Bonchev–Trinajstić information content (AvgIpc) is 3.04. The number of hydrogen-bond donors (Lipinski definition) is 1. The number of piperidine rings is 1. The maximum absolute atomic E-state index is 13.1. The molecule has 3 rings (SSSR count). The van der Waals surface area contributed by atoms with Gasteiger partial charge in [-0.25, -0.2) is 9.37 Å². The third-order valence-electron chi connectivity index (χ3n) is 4.51. The molecular weight excluding hydrogens is 424 g/mol. The molecule has 1 amide bonds. The van der Waals surface area contributed by atoms with Crippen LogP contribution in [-0.2, 0) is 4.74 Å². The van der Waals surface area contributed by atoms with Gasteiger partial charge in [0, 0.05) is 25.3 Å². The summed E-state index contributed by atoms with van der Waals surface area (Å²) in [6.07, 6.45) is 2.77. The van der Waals surface area contributed by atoms with Gasteiger partial charge in [-0.3, -0.25) is 4.79 Å². The molecule has 156 valence electrons. The van der Waals surface area contributed by atoms with Gasteiger partial charge in [0.05, 0.1) is 11.8 Å². The first-order valence-electron chi connectivity index (χ1n) is 8.93. The molecule has 2 aromatic rings. The van der Waals surface area contributed by atoms with Gasteiger partial charge in [0.2, 0.25) is 0 Å². The van der Waals surface area contributed by atoms with Crippen LogP contribution in [-0.4, -0.2) is 48.1 Å². The fourth-order valence-electron chi connectivity index (χ4n) is 3.01. The number of aryl methyl sites for hydroxylation is 1. The van der Waals surface area contributed by atoms with Crippen molar-refractivity contribution < 1.29 is 13.9 Å². The summed E-state index contributed by atoms with van der Waals surface area (Å²) in [5.74, 6) is -0.261. The SMILES string of the molecule is Cc1nc(-c2ccc(F)cc2)sc1C(=O)N1CCC(OCCCN)CC1.Cl.Cl. The van der Waals surface area contributed by atoms with E-state index in [-0.39, 0.29) is 42.6 Å². The van der Waals surface area contributed by atoms with E-state index in [1.54, 1.807) is 12.1 Å². The Hall–Kier alpha value is -1.25. The summed E-state index contributed by atoms with van der Waals surface area (Å²) >= 11 is 1.37. The maximum Gasteiger partial charge on any atom is 0.265 e. The van der Waals surface area contributed by atoms with Crippen LogP contribution in [0.2, 0.25) is 0 Å². The lowest BCUT2D eigenvalue weighted by molar-refractivity contribution is 0.00855. The molecule has 1 aliphatic heterocycles. The Balaban J connectivity index is 0.00000196. The number of carbonyl (C=O) groups is 1. The lowest BCUT2D eigenvalue weighted by atomic mass is 10.1. The number of nitrogens with two attached hydrogens (primary N) is 1. The predicted octanol–water partition coefficient (Wildman–Crippen LogP) is 4.07. The number of nitrogens with zero attached hydrogens (tertiary/aromatic N) is 2. The molecular formula is C19H26Cl2FN3O2S. The molecule has 0 atom stereocenters. The lowest BCUT2D eigenvalue weighted by Crippen LogP contribution is -2.41. The van der Waals surface area contributed by atoms with Crippen molar-refractivity contribution in [3.05, 3.63) is 40.7 Å². The molecule has 0 spiro atoms. The molecule has 0 aliphatic carbocycles. The topological polar surface area (TPSA) is 68.5 Å². The van der Waals surface area contributed by atoms with Gasteiger partial charge in [0.1, 0.15) is 15.7 Å². The second kappa shape index (κ2) is 11.7. The van der Waals surface area contributed by atoms with Crippen molar-refractivity contribution in [2.24, 2.45) is 5.73 Å². The standard InChI is InChI=1S/C19H24FN3O2S.2ClH/c1-13-17(26-18(22-13)14-3-5-15(20)6-4-14)19(24)23-10-7-16(8-11-23)25-12-2-9-21;;/h3-6,16H,2,7-12,21H2,1H3;2*1H. The normalized spacial score (nSPS) is 14.3. The Morgan fingerprint density at radius 3 is 2.54 bits per heavy atom. The Kier molecular flexibility index (Phi) is 10.3. The minimum absolute atomic E-state index is 0. The van der Waals surface area contributed by atoms with Crippen LogP contribution < -0.4 is 5.73 Å². The van der Waals surface area contributed by atoms with Crippen molar-refractivity contribution in [1.82, 2.24) is 9.88 Å². The second-order valence-corrected chi connectivity index (χ2v) is 7.44. The van der Waals surface area contributed by atoms with Crippen molar-refractivity contribution in [1.29, 1.82) is 0 Å². The molecule has 1 aliphatic rings. The average molecular weight is 450 g/mol. The molecule has 0 unspecified atom stereocenters. The smallest absolute Gasteiger partial charge is 0.265 e. The Bertz CT molecular complexity index is 750. The van der Waals surface area contributed by atoms with Crippen molar-refractivity contribution in [3.8, 4) is 10.6 Å². The van der Waals surface area contributed by atoms with Crippen LogP contribution in [0.1, 0.15) is 34.6 Å². The van der Waals surface area contributed by atoms with Crippen molar-refractivity contribution in [2.45, 2.75) is 32.3 Å². The number of carbonyl (C=O) groups excluding carboxylic acids is 1. The number of amides is 1. The summed E-state index contributed by atoms with van der Waals surface area (Å²) in [6, 6.07) is 6.18. The van der Waals surface area contributed by atoms with Crippen LogP contribution in [0, 0.1) is 12.7 Å². The Labute approximate surface area is 181 Å². The van der Waals surface area contributed by atoms with Crippen molar-refractivity contribution in [3.63, 3.8) is 0 Å². The maximum atomic E-state index is 13.1. The largest absolute Gasteiger partial charge is 0.378 e. The van der Waals surface area contributed by atoms with E-state index in [2.05, 4.69) is 4.98 Å². The molecule has 1 aromatic heterocycles.